The Balaban J connectivity index is 1.47. The van der Waals surface area contributed by atoms with E-state index in [4.69, 9.17) is 0 Å². The molecule has 0 bridgehead atoms. The SMILES string of the molecule is Brc1cnn(CC2CN(c3nccc4sccc34)C2)c1. The van der Waals surface area contributed by atoms with Gasteiger partial charge in [0.1, 0.15) is 5.82 Å². The number of anilines is 1. The largest absolute Gasteiger partial charge is 0.355 e. The minimum atomic E-state index is 0.650. The molecule has 0 radical (unpaired) electrons. The van der Waals surface area contributed by atoms with Crippen molar-refractivity contribution in [2.45, 2.75) is 6.54 Å². The molecule has 1 saturated heterocycles. The number of aromatic nitrogens is 3. The molecule has 6 heteroatoms. The highest BCUT2D eigenvalue weighted by molar-refractivity contribution is 9.10. The summed E-state index contributed by atoms with van der Waals surface area (Å²) in [5, 5.41) is 7.72. The van der Waals surface area contributed by atoms with Crippen LogP contribution in [-0.2, 0) is 6.54 Å². The molecule has 0 spiro atoms. The summed E-state index contributed by atoms with van der Waals surface area (Å²) in [6.07, 6.45) is 5.77. The molecule has 0 aliphatic carbocycles. The Labute approximate surface area is 129 Å². The fourth-order valence-corrected chi connectivity index (χ4v) is 3.80. The van der Waals surface area contributed by atoms with Gasteiger partial charge in [0, 0.05) is 48.0 Å². The van der Waals surface area contributed by atoms with Crippen LogP contribution in [0.4, 0.5) is 5.82 Å². The second kappa shape index (κ2) is 4.86. The van der Waals surface area contributed by atoms with E-state index in [2.05, 4.69) is 48.4 Å². The van der Waals surface area contributed by atoms with Crippen LogP contribution in [0.1, 0.15) is 0 Å². The molecule has 102 valence electrons. The first-order chi connectivity index (χ1) is 9.79. The van der Waals surface area contributed by atoms with Crippen molar-refractivity contribution in [3.8, 4) is 0 Å². The van der Waals surface area contributed by atoms with Crippen LogP contribution in [-0.4, -0.2) is 27.9 Å². The maximum Gasteiger partial charge on any atom is 0.137 e. The van der Waals surface area contributed by atoms with Gasteiger partial charge in [0.2, 0.25) is 0 Å². The van der Waals surface area contributed by atoms with Gasteiger partial charge in [-0.2, -0.15) is 5.10 Å². The molecule has 1 fully saturated rings. The summed E-state index contributed by atoms with van der Waals surface area (Å²) in [5.41, 5.74) is 0. The van der Waals surface area contributed by atoms with Crippen molar-refractivity contribution in [1.82, 2.24) is 14.8 Å². The van der Waals surface area contributed by atoms with Crippen molar-refractivity contribution in [2.24, 2.45) is 5.92 Å². The van der Waals surface area contributed by atoms with Gasteiger partial charge in [0.05, 0.1) is 10.7 Å². The molecule has 20 heavy (non-hydrogen) atoms. The van der Waals surface area contributed by atoms with Crippen molar-refractivity contribution in [2.75, 3.05) is 18.0 Å². The number of halogens is 1. The average molecular weight is 349 g/mol. The minimum absolute atomic E-state index is 0.650. The van der Waals surface area contributed by atoms with Crippen LogP contribution in [0.15, 0.2) is 40.6 Å². The van der Waals surface area contributed by atoms with E-state index in [1.807, 2.05) is 23.3 Å². The number of pyridine rings is 1. The van der Waals surface area contributed by atoms with Gasteiger partial charge in [-0.3, -0.25) is 4.68 Å². The maximum absolute atomic E-state index is 4.55. The van der Waals surface area contributed by atoms with Crippen molar-refractivity contribution in [3.05, 3.63) is 40.6 Å². The Morgan fingerprint density at radius 2 is 2.25 bits per heavy atom. The lowest BCUT2D eigenvalue weighted by molar-refractivity contribution is 0.341. The second-order valence-electron chi connectivity index (χ2n) is 5.12. The molecule has 3 aromatic heterocycles. The second-order valence-corrected chi connectivity index (χ2v) is 6.98. The minimum Gasteiger partial charge on any atom is -0.355 e. The normalized spacial score (nSPS) is 15.8. The Bertz CT molecular complexity index is 744. The first-order valence-corrected chi connectivity index (χ1v) is 8.22. The van der Waals surface area contributed by atoms with E-state index in [0.717, 1.165) is 29.9 Å². The van der Waals surface area contributed by atoms with E-state index in [9.17, 15) is 0 Å². The monoisotopic (exact) mass is 348 g/mol. The van der Waals surface area contributed by atoms with Crippen molar-refractivity contribution in [1.29, 1.82) is 0 Å². The lowest BCUT2D eigenvalue weighted by Crippen LogP contribution is -2.49. The third kappa shape index (κ3) is 2.13. The molecule has 3 aromatic rings. The van der Waals surface area contributed by atoms with Crippen LogP contribution in [0.25, 0.3) is 10.1 Å². The van der Waals surface area contributed by atoms with E-state index in [1.54, 1.807) is 11.3 Å². The van der Waals surface area contributed by atoms with Gasteiger partial charge in [-0.15, -0.1) is 11.3 Å². The number of hydrogen-bond acceptors (Lipinski definition) is 4. The number of thiophene rings is 1. The lowest BCUT2D eigenvalue weighted by Gasteiger charge is -2.40. The third-order valence-corrected chi connectivity index (χ3v) is 4.95. The van der Waals surface area contributed by atoms with Crippen LogP contribution >= 0.6 is 27.3 Å². The molecule has 4 heterocycles. The van der Waals surface area contributed by atoms with Gasteiger partial charge in [-0.25, -0.2) is 4.98 Å². The summed E-state index contributed by atoms with van der Waals surface area (Å²) >= 11 is 5.20. The highest BCUT2D eigenvalue weighted by Crippen LogP contribution is 2.32. The average Bonchev–Trinajstić information content (AvgIpc) is 3.01. The van der Waals surface area contributed by atoms with Gasteiger partial charge in [-0.1, -0.05) is 0 Å². The van der Waals surface area contributed by atoms with Crippen molar-refractivity contribution < 1.29 is 0 Å². The molecule has 0 aromatic carbocycles. The van der Waals surface area contributed by atoms with Crippen LogP contribution < -0.4 is 4.90 Å². The summed E-state index contributed by atoms with van der Waals surface area (Å²) in [6.45, 7) is 3.08. The molecule has 0 unspecified atom stereocenters. The quantitative estimate of drug-likeness (QED) is 0.727. The molecule has 1 aliphatic rings. The first-order valence-electron chi connectivity index (χ1n) is 6.55. The van der Waals surface area contributed by atoms with Crippen LogP contribution in [0, 0.1) is 5.92 Å². The van der Waals surface area contributed by atoms with Gasteiger partial charge < -0.3 is 4.90 Å². The highest BCUT2D eigenvalue weighted by Gasteiger charge is 2.29. The molecule has 0 N–H and O–H groups in total. The van der Waals surface area contributed by atoms with Gasteiger partial charge in [0.15, 0.2) is 0 Å². The topological polar surface area (TPSA) is 34.0 Å². The molecule has 4 rings (SSSR count). The summed E-state index contributed by atoms with van der Waals surface area (Å²) in [4.78, 5) is 6.91. The van der Waals surface area contributed by atoms with E-state index in [1.165, 1.54) is 10.1 Å². The zero-order chi connectivity index (χ0) is 13.5. The summed E-state index contributed by atoms with van der Waals surface area (Å²) in [5.74, 6) is 1.78. The smallest absolute Gasteiger partial charge is 0.137 e. The molecule has 0 amide bonds. The molecule has 4 nitrogen and oxygen atoms in total. The lowest BCUT2D eigenvalue weighted by atomic mass is 10.00. The predicted octanol–water partition coefficient (Wildman–Crippen LogP) is 3.39. The van der Waals surface area contributed by atoms with Crippen LogP contribution in [0.5, 0.6) is 0 Å². The Kier molecular flexibility index (Phi) is 3.00. The van der Waals surface area contributed by atoms with E-state index in [0.29, 0.717) is 5.92 Å². The maximum atomic E-state index is 4.55. The Morgan fingerprint density at radius 3 is 3.05 bits per heavy atom. The zero-order valence-electron chi connectivity index (χ0n) is 10.7. The number of hydrogen-bond donors (Lipinski definition) is 0. The number of fused-ring (bicyclic) bond motifs is 1. The van der Waals surface area contributed by atoms with Crippen LogP contribution in [0.2, 0.25) is 0 Å². The summed E-state index contributed by atoms with van der Waals surface area (Å²) < 4.78 is 4.36. The Hall–Kier alpha value is -1.40. The van der Waals surface area contributed by atoms with Gasteiger partial charge >= 0.3 is 0 Å². The first kappa shape index (κ1) is 12.3. The third-order valence-electron chi connectivity index (χ3n) is 3.66. The van der Waals surface area contributed by atoms with Crippen molar-refractivity contribution in [3.63, 3.8) is 0 Å². The highest BCUT2D eigenvalue weighted by atomic mass is 79.9. The van der Waals surface area contributed by atoms with E-state index >= 15 is 0 Å². The summed E-state index contributed by atoms with van der Waals surface area (Å²) in [7, 11) is 0. The standard InChI is InChI=1S/C14H13BrN4S/c15-11-5-17-19(9-11)8-10-6-18(7-10)14-12-2-4-20-13(12)1-3-16-14/h1-5,9-10H,6-8H2. The van der Waals surface area contributed by atoms with Crippen LogP contribution in [0.3, 0.4) is 0 Å². The zero-order valence-corrected chi connectivity index (χ0v) is 13.1. The molecule has 0 atom stereocenters. The van der Waals surface area contributed by atoms with Gasteiger partial charge in [0.25, 0.3) is 0 Å². The molecular weight excluding hydrogens is 336 g/mol. The van der Waals surface area contributed by atoms with Gasteiger partial charge in [-0.05, 0) is 33.4 Å². The fourth-order valence-electron chi connectivity index (χ4n) is 2.69. The van der Waals surface area contributed by atoms with E-state index in [-0.39, 0.29) is 0 Å². The van der Waals surface area contributed by atoms with E-state index < -0.39 is 0 Å². The molecule has 0 saturated carbocycles. The fraction of sp³-hybridized carbons (Fsp3) is 0.286. The molecular formula is C14H13BrN4S. The van der Waals surface area contributed by atoms with Crippen molar-refractivity contribution >= 4 is 43.2 Å². The predicted molar refractivity (Wildman–Crippen MR) is 85.3 cm³/mol. The Morgan fingerprint density at radius 1 is 1.35 bits per heavy atom. The molecule has 1 aliphatic heterocycles. The number of rotatable bonds is 3. The summed E-state index contributed by atoms with van der Waals surface area (Å²) in [6, 6.07) is 4.25. The number of nitrogens with zero attached hydrogens (tertiary/aromatic N) is 4.